The molecule has 2 fully saturated rings. The van der Waals surface area contributed by atoms with E-state index in [2.05, 4.69) is 5.32 Å². The molecular weight excluding hydrogens is 386 g/mol. The van der Waals surface area contributed by atoms with Crippen molar-refractivity contribution in [1.82, 2.24) is 10.2 Å². The van der Waals surface area contributed by atoms with Crippen molar-refractivity contribution in [3.8, 4) is 0 Å². The normalized spacial score (nSPS) is 18.7. The summed E-state index contributed by atoms with van der Waals surface area (Å²) in [4.78, 5) is 13.7. The molecule has 0 aromatic heterocycles. The number of piperidine rings is 1. The second-order valence-electron chi connectivity index (χ2n) is 6.75. The lowest BCUT2D eigenvalue weighted by Gasteiger charge is -2.32. The van der Waals surface area contributed by atoms with Gasteiger partial charge in [0.15, 0.2) is 0 Å². The fourth-order valence-electron chi connectivity index (χ4n) is 3.01. The first-order chi connectivity index (χ1) is 11.9. The van der Waals surface area contributed by atoms with Crippen LogP contribution >= 0.6 is 12.4 Å². The second-order valence-corrected chi connectivity index (χ2v) is 8.67. The number of amides is 1. The molecule has 1 heterocycles. The van der Waals surface area contributed by atoms with Crippen LogP contribution in [0.3, 0.4) is 0 Å². The molecule has 146 valence electrons. The van der Waals surface area contributed by atoms with Crippen molar-refractivity contribution in [2.75, 3.05) is 19.6 Å². The summed E-state index contributed by atoms with van der Waals surface area (Å²) in [6, 6.07) is 5.17. The molecule has 0 bridgehead atoms. The average molecular weight is 409 g/mol. The Morgan fingerprint density at radius 1 is 1.12 bits per heavy atom. The number of benzene rings is 1. The lowest BCUT2D eigenvalue weighted by Crippen LogP contribution is -2.45. The summed E-state index contributed by atoms with van der Waals surface area (Å²) in [6.45, 7) is 2.33. The van der Waals surface area contributed by atoms with E-state index in [1.54, 1.807) is 4.90 Å². The number of rotatable bonds is 6. The smallest absolute Gasteiger partial charge is 0.339 e. The molecule has 1 aliphatic carbocycles. The first-order valence-electron chi connectivity index (χ1n) is 8.52. The number of hydrogen-bond donors (Lipinski definition) is 1. The van der Waals surface area contributed by atoms with E-state index in [1.807, 2.05) is 0 Å². The summed E-state index contributed by atoms with van der Waals surface area (Å²) >= 11 is 0. The molecule has 1 saturated carbocycles. The van der Waals surface area contributed by atoms with Crippen LogP contribution in [-0.4, -0.2) is 50.7 Å². The number of carbonyl (C=O) groups excluding carboxylic acids is 1. The molecule has 26 heavy (non-hydrogen) atoms. The summed E-state index contributed by atoms with van der Waals surface area (Å²) in [7, 11) is -4.63. The molecule has 3 rings (SSSR count). The van der Waals surface area contributed by atoms with Gasteiger partial charge < -0.3 is 10.2 Å². The molecule has 5 nitrogen and oxygen atoms in total. The lowest BCUT2D eigenvalue weighted by molar-refractivity contribution is 0.0705. The van der Waals surface area contributed by atoms with Crippen LogP contribution in [-0.2, 0) is 9.84 Å². The molecule has 1 aromatic carbocycles. The monoisotopic (exact) mass is 408 g/mol. The summed E-state index contributed by atoms with van der Waals surface area (Å²) in [5.41, 5.74) is 0.317. The first kappa shape index (κ1) is 21.1. The maximum absolute atomic E-state index is 12.5. The Hall–Kier alpha value is -1.25. The minimum Gasteiger partial charge on any atom is -0.339 e. The van der Waals surface area contributed by atoms with Gasteiger partial charge in [0.1, 0.15) is 0 Å². The van der Waals surface area contributed by atoms with E-state index in [0.29, 0.717) is 24.7 Å². The van der Waals surface area contributed by atoms with Gasteiger partial charge in [-0.3, -0.25) is 4.79 Å². The van der Waals surface area contributed by atoms with Crippen molar-refractivity contribution in [2.45, 2.75) is 42.4 Å². The third kappa shape index (κ3) is 4.92. The minimum absolute atomic E-state index is 0. The van der Waals surface area contributed by atoms with Crippen molar-refractivity contribution in [3.63, 3.8) is 0 Å². The van der Waals surface area contributed by atoms with Crippen LogP contribution in [0.5, 0.6) is 0 Å². The molecule has 1 aromatic rings. The highest BCUT2D eigenvalue weighted by atomic mass is 35.5. The fourth-order valence-corrected chi connectivity index (χ4v) is 3.74. The topological polar surface area (TPSA) is 66.5 Å². The SMILES string of the molecule is Cl.O=C(c1ccc(S(=O)(=O)C(F)F)cc1)N1CCC(NCC2CC2)CC1. The Kier molecular flexibility index (Phi) is 6.99. The minimum atomic E-state index is -4.63. The molecule has 0 radical (unpaired) electrons. The van der Waals surface area contributed by atoms with Crippen molar-refractivity contribution < 1.29 is 22.0 Å². The van der Waals surface area contributed by atoms with Crippen molar-refractivity contribution in [2.24, 2.45) is 5.92 Å². The van der Waals surface area contributed by atoms with E-state index in [-0.39, 0.29) is 18.3 Å². The van der Waals surface area contributed by atoms with Crippen LogP contribution < -0.4 is 5.32 Å². The number of likely N-dealkylation sites (tertiary alicyclic amines) is 1. The Bertz CT molecular complexity index is 716. The average Bonchev–Trinajstić information content (AvgIpc) is 3.44. The highest BCUT2D eigenvalue weighted by molar-refractivity contribution is 7.91. The highest BCUT2D eigenvalue weighted by Crippen LogP contribution is 2.28. The first-order valence-corrected chi connectivity index (χ1v) is 10.1. The maximum Gasteiger partial charge on any atom is 0.341 e. The van der Waals surface area contributed by atoms with Crippen molar-refractivity contribution >= 4 is 28.2 Å². The molecule has 1 N–H and O–H groups in total. The largest absolute Gasteiger partial charge is 0.341 e. The second kappa shape index (κ2) is 8.63. The number of alkyl halides is 2. The highest BCUT2D eigenvalue weighted by Gasteiger charge is 2.28. The van der Waals surface area contributed by atoms with Gasteiger partial charge >= 0.3 is 5.76 Å². The zero-order valence-corrected chi connectivity index (χ0v) is 15.9. The van der Waals surface area contributed by atoms with E-state index < -0.39 is 20.5 Å². The standard InChI is InChI=1S/C17H22F2N2O3S.ClH/c18-17(19)25(23,24)15-5-3-13(4-6-15)16(22)21-9-7-14(8-10-21)20-11-12-1-2-12;/h3-6,12,14,17,20H,1-2,7-11H2;1H. The molecule has 1 aliphatic heterocycles. The van der Waals surface area contributed by atoms with Crippen LogP contribution in [0.4, 0.5) is 8.78 Å². The molecule has 1 amide bonds. The van der Waals surface area contributed by atoms with Gasteiger partial charge in [-0.05, 0) is 62.4 Å². The number of hydrogen-bond acceptors (Lipinski definition) is 4. The maximum atomic E-state index is 12.5. The van der Waals surface area contributed by atoms with E-state index in [4.69, 9.17) is 0 Å². The number of nitrogens with zero attached hydrogens (tertiary/aromatic N) is 1. The van der Waals surface area contributed by atoms with Crippen LogP contribution in [0.25, 0.3) is 0 Å². The summed E-state index contributed by atoms with van der Waals surface area (Å²) < 4.78 is 47.9. The van der Waals surface area contributed by atoms with Gasteiger partial charge in [-0.2, -0.15) is 8.78 Å². The Morgan fingerprint density at radius 3 is 2.19 bits per heavy atom. The van der Waals surface area contributed by atoms with Gasteiger partial charge in [0.2, 0.25) is 9.84 Å². The number of nitrogens with one attached hydrogen (secondary N) is 1. The number of halogens is 3. The summed E-state index contributed by atoms with van der Waals surface area (Å²) in [5.74, 6) is -2.83. The Balaban J connectivity index is 0.00000243. The van der Waals surface area contributed by atoms with Crippen molar-refractivity contribution in [1.29, 1.82) is 0 Å². The van der Waals surface area contributed by atoms with Crippen LogP contribution in [0.1, 0.15) is 36.0 Å². The number of sulfone groups is 1. The summed E-state index contributed by atoms with van der Waals surface area (Å²) in [6.07, 6.45) is 4.38. The summed E-state index contributed by atoms with van der Waals surface area (Å²) in [5, 5.41) is 3.54. The molecule has 9 heteroatoms. The lowest BCUT2D eigenvalue weighted by atomic mass is 10.0. The van der Waals surface area contributed by atoms with E-state index >= 15 is 0 Å². The van der Waals surface area contributed by atoms with Gasteiger partial charge in [0.05, 0.1) is 4.90 Å². The van der Waals surface area contributed by atoms with E-state index in [9.17, 15) is 22.0 Å². The predicted octanol–water partition coefficient (Wildman–Crippen LogP) is 2.71. The predicted molar refractivity (Wildman–Crippen MR) is 96.5 cm³/mol. The molecule has 1 saturated heterocycles. The zero-order chi connectivity index (χ0) is 18.0. The fraction of sp³-hybridized carbons (Fsp3) is 0.588. The molecule has 0 spiro atoms. The Morgan fingerprint density at radius 2 is 1.69 bits per heavy atom. The molecule has 2 aliphatic rings. The van der Waals surface area contributed by atoms with E-state index in [1.165, 1.54) is 25.0 Å². The van der Waals surface area contributed by atoms with Gasteiger partial charge in [0.25, 0.3) is 5.91 Å². The van der Waals surface area contributed by atoms with E-state index in [0.717, 1.165) is 37.4 Å². The molecule has 0 unspecified atom stereocenters. The zero-order valence-electron chi connectivity index (χ0n) is 14.2. The van der Waals surface area contributed by atoms with Crippen LogP contribution in [0.2, 0.25) is 0 Å². The molecule has 0 atom stereocenters. The molecular formula is C17H23ClF2N2O3S. The van der Waals surface area contributed by atoms with Gasteiger partial charge in [0, 0.05) is 24.7 Å². The van der Waals surface area contributed by atoms with Gasteiger partial charge in [-0.1, -0.05) is 0 Å². The van der Waals surface area contributed by atoms with Crippen molar-refractivity contribution in [3.05, 3.63) is 29.8 Å². The quantitative estimate of drug-likeness (QED) is 0.786. The van der Waals surface area contributed by atoms with Gasteiger partial charge in [-0.25, -0.2) is 8.42 Å². The number of carbonyl (C=O) groups is 1. The van der Waals surface area contributed by atoms with Crippen LogP contribution in [0, 0.1) is 5.92 Å². The third-order valence-corrected chi connectivity index (χ3v) is 6.24. The third-order valence-electron chi connectivity index (χ3n) is 4.84. The van der Waals surface area contributed by atoms with Crippen LogP contribution in [0.15, 0.2) is 29.2 Å². The van der Waals surface area contributed by atoms with Gasteiger partial charge in [-0.15, -0.1) is 12.4 Å². The Labute approximate surface area is 158 Å².